The highest BCUT2D eigenvalue weighted by molar-refractivity contribution is 6.30. The molecule has 3 nitrogen and oxygen atoms in total. The van der Waals surface area contributed by atoms with Crippen LogP contribution in [-0.4, -0.2) is 30.4 Å². The molecule has 4 heteroatoms. The molecule has 0 spiro atoms. The molecule has 0 bridgehead atoms. The number of hydrogen-bond donors (Lipinski definition) is 1. The molecule has 1 fully saturated rings. The third-order valence-electron chi connectivity index (χ3n) is 3.44. The number of likely N-dealkylation sites (tertiary alicyclic amines) is 1. The Hall–Kier alpha value is -1.06. The van der Waals surface area contributed by atoms with Gasteiger partial charge in [0.25, 0.3) is 0 Å². The molecular weight excluding hydrogens is 260 g/mol. The summed E-state index contributed by atoms with van der Waals surface area (Å²) >= 11 is 5.81. The van der Waals surface area contributed by atoms with E-state index in [0.717, 1.165) is 18.8 Å². The smallest absolute Gasteiger partial charge is 0.238 e. The summed E-state index contributed by atoms with van der Waals surface area (Å²) < 4.78 is 0. The van der Waals surface area contributed by atoms with Gasteiger partial charge in [-0.3, -0.25) is 9.69 Å². The monoisotopic (exact) mass is 280 g/mol. The Bertz CT molecular complexity index is 422. The predicted molar refractivity (Wildman–Crippen MR) is 79.5 cm³/mol. The number of carbonyl (C=O) groups is 1. The SMILES string of the molecule is C[C@@H]1C[C@H](C)CN(CC(=O)Nc2ccc(Cl)cc2)C1. The molecular formula is C15H21ClN2O. The first kappa shape index (κ1) is 14.4. The van der Waals surface area contributed by atoms with E-state index < -0.39 is 0 Å². The number of anilines is 1. The number of rotatable bonds is 3. The second-order valence-electron chi connectivity index (χ2n) is 5.70. The summed E-state index contributed by atoms with van der Waals surface area (Å²) in [5, 5.41) is 3.58. The average Bonchev–Trinajstić information content (AvgIpc) is 2.30. The third-order valence-corrected chi connectivity index (χ3v) is 3.69. The number of hydrogen-bond acceptors (Lipinski definition) is 2. The number of halogens is 1. The minimum atomic E-state index is 0.0450. The maximum Gasteiger partial charge on any atom is 0.238 e. The van der Waals surface area contributed by atoms with Crippen molar-refractivity contribution < 1.29 is 4.79 Å². The summed E-state index contributed by atoms with van der Waals surface area (Å²) in [5.74, 6) is 1.39. The van der Waals surface area contributed by atoms with Crippen LogP contribution < -0.4 is 5.32 Å². The Morgan fingerprint density at radius 3 is 2.42 bits per heavy atom. The van der Waals surface area contributed by atoms with Crippen LogP contribution in [0.25, 0.3) is 0 Å². The molecule has 0 radical (unpaired) electrons. The molecule has 0 aromatic heterocycles. The molecule has 0 aliphatic carbocycles. The lowest BCUT2D eigenvalue weighted by Crippen LogP contribution is -2.42. The van der Waals surface area contributed by atoms with Crippen molar-refractivity contribution in [1.29, 1.82) is 0 Å². The fraction of sp³-hybridized carbons (Fsp3) is 0.533. The average molecular weight is 281 g/mol. The van der Waals surface area contributed by atoms with Crippen molar-refractivity contribution in [1.82, 2.24) is 4.90 Å². The summed E-state index contributed by atoms with van der Waals surface area (Å²) in [6.07, 6.45) is 1.26. The topological polar surface area (TPSA) is 32.3 Å². The largest absolute Gasteiger partial charge is 0.325 e. The zero-order valence-corrected chi connectivity index (χ0v) is 12.3. The van der Waals surface area contributed by atoms with Gasteiger partial charge in [-0.2, -0.15) is 0 Å². The molecule has 1 amide bonds. The molecule has 1 saturated heterocycles. The van der Waals surface area contributed by atoms with Crippen LogP contribution in [0.2, 0.25) is 5.02 Å². The van der Waals surface area contributed by atoms with Crippen LogP contribution in [0, 0.1) is 11.8 Å². The van der Waals surface area contributed by atoms with E-state index in [1.165, 1.54) is 6.42 Å². The summed E-state index contributed by atoms with van der Waals surface area (Å²) in [5.41, 5.74) is 0.799. The summed E-state index contributed by atoms with van der Waals surface area (Å²) in [4.78, 5) is 14.2. The van der Waals surface area contributed by atoms with Gasteiger partial charge in [0.15, 0.2) is 0 Å². The van der Waals surface area contributed by atoms with Crippen LogP contribution in [0.4, 0.5) is 5.69 Å². The van der Waals surface area contributed by atoms with E-state index in [0.29, 0.717) is 23.4 Å². The predicted octanol–water partition coefficient (Wildman–Crippen LogP) is 3.26. The minimum absolute atomic E-state index is 0.0450. The Labute approximate surface area is 119 Å². The van der Waals surface area contributed by atoms with Gasteiger partial charge in [0.05, 0.1) is 6.54 Å². The molecule has 1 aliphatic rings. The van der Waals surface area contributed by atoms with E-state index in [1.807, 2.05) is 12.1 Å². The maximum atomic E-state index is 12.0. The van der Waals surface area contributed by atoms with Gasteiger partial charge in [-0.15, -0.1) is 0 Å². The Morgan fingerprint density at radius 1 is 1.26 bits per heavy atom. The number of amides is 1. The first-order valence-electron chi connectivity index (χ1n) is 6.80. The zero-order valence-electron chi connectivity index (χ0n) is 11.5. The highest BCUT2D eigenvalue weighted by Crippen LogP contribution is 2.20. The van der Waals surface area contributed by atoms with Crippen LogP contribution in [-0.2, 0) is 4.79 Å². The van der Waals surface area contributed by atoms with Crippen molar-refractivity contribution in [3.05, 3.63) is 29.3 Å². The number of nitrogens with zero attached hydrogens (tertiary/aromatic N) is 1. The molecule has 2 rings (SSSR count). The van der Waals surface area contributed by atoms with Crippen molar-refractivity contribution in [2.45, 2.75) is 20.3 Å². The summed E-state index contributed by atoms with van der Waals surface area (Å²) in [6, 6.07) is 7.20. The van der Waals surface area contributed by atoms with E-state index in [9.17, 15) is 4.79 Å². The van der Waals surface area contributed by atoms with E-state index in [4.69, 9.17) is 11.6 Å². The molecule has 19 heavy (non-hydrogen) atoms. The van der Waals surface area contributed by atoms with Crippen molar-refractivity contribution in [2.24, 2.45) is 11.8 Å². The van der Waals surface area contributed by atoms with Crippen molar-refractivity contribution in [2.75, 3.05) is 25.0 Å². The van der Waals surface area contributed by atoms with E-state index in [1.54, 1.807) is 12.1 Å². The summed E-state index contributed by atoms with van der Waals surface area (Å²) in [7, 11) is 0. The Balaban J connectivity index is 1.85. The van der Waals surface area contributed by atoms with Gasteiger partial charge in [-0.1, -0.05) is 25.4 Å². The van der Waals surface area contributed by atoms with E-state index >= 15 is 0 Å². The number of benzene rings is 1. The first-order chi connectivity index (χ1) is 9.02. The Kier molecular flexibility index (Phi) is 4.83. The van der Waals surface area contributed by atoms with Gasteiger partial charge in [-0.25, -0.2) is 0 Å². The fourth-order valence-electron chi connectivity index (χ4n) is 2.86. The highest BCUT2D eigenvalue weighted by Gasteiger charge is 2.23. The fourth-order valence-corrected chi connectivity index (χ4v) is 2.98. The standard InChI is InChI=1S/C15H21ClN2O/c1-11-7-12(2)9-18(8-11)10-15(19)17-14-5-3-13(16)4-6-14/h3-6,11-12H,7-10H2,1-2H3,(H,17,19)/t11-,12+. The molecule has 1 aromatic rings. The first-order valence-corrected chi connectivity index (χ1v) is 7.18. The number of carbonyl (C=O) groups excluding carboxylic acids is 1. The maximum absolute atomic E-state index is 12.0. The molecule has 2 atom stereocenters. The van der Waals surface area contributed by atoms with Crippen LogP contribution in [0.1, 0.15) is 20.3 Å². The molecule has 1 aliphatic heterocycles. The normalized spacial score (nSPS) is 24.2. The Morgan fingerprint density at radius 2 is 1.84 bits per heavy atom. The minimum Gasteiger partial charge on any atom is -0.325 e. The van der Waals surface area contributed by atoms with Gasteiger partial charge < -0.3 is 5.32 Å². The lowest BCUT2D eigenvalue weighted by Gasteiger charge is -2.34. The van der Waals surface area contributed by atoms with Crippen LogP contribution in [0.3, 0.4) is 0 Å². The van der Waals surface area contributed by atoms with Crippen LogP contribution in [0.5, 0.6) is 0 Å². The zero-order chi connectivity index (χ0) is 13.8. The molecule has 0 unspecified atom stereocenters. The lowest BCUT2D eigenvalue weighted by atomic mass is 9.92. The van der Waals surface area contributed by atoms with E-state index in [2.05, 4.69) is 24.1 Å². The van der Waals surface area contributed by atoms with Crippen molar-refractivity contribution >= 4 is 23.2 Å². The molecule has 1 N–H and O–H groups in total. The number of nitrogens with one attached hydrogen (secondary N) is 1. The molecule has 0 saturated carbocycles. The van der Waals surface area contributed by atoms with Gasteiger partial charge in [0.1, 0.15) is 0 Å². The van der Waals surface area contributed by atoms with Gasteiger partial charge in [0.2, 0.25) is 5.91 Å². The van der Waals surface area contributed by atoms with Crippen LogP contribution in [0.15, 0.2) is 24.3 Å². The lowest BCUT2D eigenvalue weighted by molar-refractivity contribution is -0.117. The molecule has 1 heterocycles. The molecule has 1 aromatic carbocycles. The third kappa shape index (κ3) is 4.51. The second kappa shape index (κ2) is 6.40. The van der Waals surface area contributed by atoms with Crippen LogP contribution >= 0.6 is 11.6 Å². The van der Waals surface area contributed by atoms with Crippen molar-refractivity contribution in [3.63, 3.8) is 0 Å². The van der Waals surface area contributed by atoms with Gasteiger partial charge in [-0.05, 0) is 42.5 Å². The van der Waals surface area contributed by atoms with Crippen molar-refractivity contribution in [3.8, 4) is 0 Å². The highest BCUT2D eigenvalue weighted by atomic mass is 35.5. The quantitative estimate of drug-likeness (QED) is 0.922. The summed E-state index contributed by atoms with van der Waals surface area (Å²) in [6.45, 7) is 6.99. The van der Waals surface area contributed by atoms with E-state index in [-0.39, 0.29) is 5.91 Å². The second-order valence-corrected chi connectivity index (χ2v) is 6.13. The number of piperidine rings is 1. The molecule has 104 valence electrons. The van der Waals surface area contributed by atoms with Gasteiger partial charge >= 0.3 is 0 Å². The van der Waals surface area contributed by atoms with Gasteiger partial charge in [0, 0.05) is 23.8 Å².